The van der Waals surface area contributed by atoms with Crippen molar-refractivity contribution in [3.05, 3.63) is 65.7 Å². The fraction of sp³-hybridized carbons (Fsp3) is 0.222. The average Bonchev–Trinajstić information content (AvgIpc) is 2.57. The van der Waals surface area contributed by atoms with Crippen LogP contribution in [0, 0.1) is 0 Å². The first-order chi connectivity index (χ1) is 10.8. The normalized spacial score (nSPS) is 10.6. The second-order valence-corrected chi connectivity index (χ2v) is 4.84. The van der Waals surface area contributed by atoms with E-state index in [1.54, 1.807) is 18.3 Å². The van der Waals surface area contributed by atoms with Crippen molar-refractivity contribution in [1.29, 1.82) is 0 Å². The van der Waals surface area contributed by atoms with Gasteiger partial charge in [-0.1, -0.05) is 31.5 Å². The summed E-state index contributed by atoms with van der Waals surface area (Å²) in [5, 5.41) is 3.96. The number of carbonyl (C=O) groups excluding carboxylic acids is 1. The Labute approximate surface area is 130 Å². The number of rotatable bonds is 7. The lowest BCUT2D eigenvalue weighted by molar-refractivity contribution is 0.0955. The summed E-state index contributed by atoms with van der Waals surface area (Å²) in [7, 11) is 0. The molecule has 1 amide bonds. The smallest absolute Gasteiger partial charge is 0.271 e. The highest BCUT2D eigenvalue weighted by Gasteiger charge is 2.01. The monoisotopic (exact) mass is 296 g/mol. The first kappa shape index (κ1) is 15.8. The number of amides is 1. The molecule has 1 N–H and O–H groups in total. The maximum atomic E-state index is 11.8. The molecule has 22 heavy (non-hydrogen) atoms. The molecule has 0 aliphatic heterocycles. The molecule has 0 saturated heterocycles. The Bertz CT molecular complexity index is 607. The van der Waals surface area contributed by atoms with Gasteiger partial charge in [-0.3, -0.25) is 4.79 Å². The molecule has 0 fully saturated rings. The van der Waals surface area contributed by atoms with Crippen LogP contribution in [-0.4, -0.2) is 18.7 Å². The maximum Gasteiger partial charge on any atom is 0.271 e. The second-order valence-electron chi connectivity index (χ2n) is 4.84. The summed E-state index contributed by atoms with van der Waals surface area (Å²) in [6.45, 7) is 2.86. The van der Waals surface area contributed by atoms with Crippen LogP contribution in [0.3, 0.4) is 0 Å². The fourth-order valence-corrected chi connectivity index (χ4v) is 1.80. The summed E-state index contributed by atoms with van der Waals surface area (Å²) in [6, 6.07) is 16.6. The maximum absolute atomic E-state index is 11.8. The Morgan fingerprint density at radius 1 is 1.14 bits per heavy atom. The van der Waals surface area contributed by atoms with E-state index in [4.69, 9.17) is 4.74 Å². The molecule has 0 aliphatic carbocycles. The Morgan fingerprint density at radius 2 is 1.86 bits per heavy atom. The standard InChI is InChI=1S/C18H20N2O2/c1-2-3-13-22-17-11-9-15(10-12-17)14-19-20-18(21)16-7-5-4-6-8-16/h4-12,14H,2-3,13H2,1H3,(H,20,21)/b19-14+. The zero-order valence-electron chi connectivity index (χ0n) is 12.7. The van der Waals surface area contributed by atoms with Gasteiger partial charge in [0.25, 0.3) is 5.91 Å². The van der Waals surface area contributed by atoms with E-state index in [1.807, 2.05) is 42.5 Å². The van der Waals surface area contributed by atoms with Crippen LogP contribution in [0.5, 0.6) is 5.75 Å². The van der Waals surface area contributed by atoms with Gasteiger partial charge in [-0.05, 0) is 48.4 Å². The van der Waals surface area contributed by atoms with Crippen LogP contribution in [0.25, 0.3) is 0 Å². The predicted molar refractivity (Wildman–Crippen MR) is 88.3 cm³/mol. The molecule has 0 unspecified atom stereocenters. The van der Waals surface area contributed by atoms with Gasteiger partial charge >= 0.3 is 0 Å². The van der Waals surface area contributed by atoms with Crippen molar-refractivity contribution in [2.45, 2.75) is 19.8 Å². The highest BCUT2D eigenvalue weighted by molar-refractivity contribution is 5.94. The minimum absolute atomic E-state index is 0.226. The van der Waals surface area contributed by atoms with Crippen LogP contribution >= 0.6 is 0 Å². The molecule has 2 rings (SSSR count). The van der Waals surface area contributed by atoms with Crippen molar-refractivity contribution < 1.29 is 9.53 Å². The summed E-state index contributed by atoms with van der Waals surface area (Å²) < 4.78 is 5.59. The van der Waals surface area contributed by atoms with Crippen molar-refractivity contribution in [2.24, 2.45) is 5.10 Å². The first-order valence-electron chi connectivity index (χ1n) is 7.41. The highest BCUT2D eigenvalue weighted by Crippen LogP contribution is 2.11. The average molecular weight is 296 g/mol. The van der Waals surface area contributed by atoms with Crippen LogP contribution < -0.4 is 10.2 Å². The van der Waals surface area contributed by atoms with Gasteiger partial charge in [0.15, 0.2) is 0 Å². The van der Waals surface area contributed by atoms with Gasteiger partial charge in [-0.2, -0.15) is 5.10 Å². The molecular weight excluding hydrogens is 276 g/mol. The fourth-order valence-electron chi connectivity index (χ4n) is 1.80. The minimum Gasteiger partial charge on any atom is -0.494 e. The third-order valence-corrected chi connectivity index (χ3v) is 3.06. The Kier molecular flexibility index (Phi) is 6.18. The van der Waals surface area contributed by atoms with E-state index in [1.165, 1.54) is 0 Å². The van der Waals surface area contributed by atoms with E-state index < -0.39 is 0 Å². The summed E-state index contributed by atoms with van der Waals surface area (Å²) in [6.07, 6.45) is 3.78. The Balaban J connectivity index is 1.84. The zero-order valence-corrected chi connectivity index (χ0v) is 12.7. The zero-order chi connectivity index (χ0) is 15.6. The number of hydrogen-bond donors (Lipinski definition) is 1. The Morgan fingerprint density at radius 3 is 2.55 bits per heavy atom. The minimum atomic E-state index is -0.226. The number of nitrogens with zero attached hydrogens (tertiary/aromatic N) is 1. The van der Waals surface area contributed by atoms with Crippen LogP contribution in [0.15, 0.2) is 59.7 Å². The second kappa shape index (κ2) is 8.62. The lowest BCUT2D eigenvalue weighted by Crippen LogP contribution is -2.17. The third-order valence-electron chi connectivity index (χ3n) is 3.06. The van der Waals surface area contributed by atoms with Crippen molar-refractivity contribution in [1.82, 2.24) is 5.43 Å². The lowest BCUT2D eigenvalue weighted by atomic mass is 10.2. The largest absolute Gasteiger partial charge is 0.494 e. The van der Waals surface area contributed by atoms with Crippen molar-refractivity contribution in [3.8, 4) is 5.75 Å². The van der Waals surface area contributed by atoms with Crippen molar-refractivity contribution >= 4 is 12.1 Å². The molecule has 0 radical (unpaired) electrons. The molecule has 4 nitrogen and oxygen atoms in total. The van der Waals surface area contributed by atoms with Crippen LogP contribution in [0.1, 0.15) is 35.7 Å². The summed E-state index contributed by atoms with van der Waals surface area (Å²) in [5.41, 5.74) is 3.99. The van der Waals surface area contributed by atoms with Crippen molar-refractivity contribution in [3.63, 3.8) is 0 Å². The third kappa shape index (κ3) is 5.05. The first-order valence-corrected chi connectivity index (χ1v) is 7.41. The van der Waals surface area contributed by atoms with Crippen LogP contribution in [0.2, 0.25) is 0 Å². The molecular formula is C18H20N2O2. The summed E-state index contributed by atoms with van der Waals surface area (Å²) in [4.78, 5) is 11.8. The quantitative estimate of drug-likeness (QED) is 0.482. The summed E-state index contributed by atoms with van der Waals surface area (Å²) >= 11 is 0. The predicted octanol–water partition coefficient (Wildman–Crippen LogP) is 3.63. The summed E-state index contributed by atoms with van der Waals surface area (Å²) in [5.74, 6) is 0.621. The number of benzene rings is 2. The molecule has 0 heterocycles. The van der Waals surface area contributed by atoms with Gasteiger partial charge in [0.1, 0.15) is 5.75 Å². The number of carbonyl (C=O) groups is 1. The van der Waals surface area contributed by atoms with Crippen molar-refractivity contribution in [2.75, 3.05) is 6.61 Å². The Hall–Kier alpha value is -2.62. The van der Waals surface area contributed by atoms with E-state index in [-0.39, 0.29) is 5.91 Å². The van der Waals surface area contributed by atoms with Gasteiger partial charge in [0.2, 0.25) is 0 Å². The topological polar surface area (TPSA) is 50.7 Å². The molecule has 0 bridgehead atoms. The highest BCUT2D eigenvalue weighted by atomic mass is 16.5. The molecule has 0 aliphatic rings. The number of hydrazone groups is 1. The molecule has 2 aromatic rings. The molecule has 2 aromatic carbocycles. The van der Waals surface area contributed by atoms with E-state index >= 15 is 0 Å². The molecule has 0 saturated carbocycles. The van der Waals surface area contributed by atoms with Gasteiger partial charge in [0, 0.05) is 5.56 Å². The van der Waals surface area contributed by atoms with Crippen LogP contribution in [0.4, 0.5) is 0 Å². The molecule has 0 spiro atoms. The van der Waals surface area contributed by atoms with Gasteiger partial charge in [-0.25, -0.2) is 5.43 Å². The van der Waals surface area contributed by atoms with Crippen LogP contribution in [-0.2, 0) is 0 Å². The van der Waals surface area contributed by atoms with E-state index in [0.29, 0.717) is 5.56 Å². The SMILES string of the molecule is CCCCOc1ccc(/C=N/NC(=O)c2ccccc2)cc1. The van der Waals surface area contributed by atoms with E-state index in [0.717, 1.165) is 30.8 Å². The number of ether oxygens (including phenoxy) is 1. The number of unbranched alkanes of at least 4 members (excludes halogenated alkanes) is 1. The molecule has 0 atom stereocenters. The molecule has 0 aromatic heterocycles. The van der Waals surface area contributed by atoms with E-state index in [2.05, 4.69) is 17.5 Å². The van der Waals surface area contributed by atoms with Gasteiger partial charge in [0.05, 0.1) is 12.8 Å². The molecule has 114 valence electrons. The lowest BCUT2D eigenvalue weighted by Gasteiger charge is -2.04. The van der Waals surface area contributed by atoms with Gasteiger partial charge in [-0.15, -0.1) is 0 Å². The van der Waals surface area contributed by atoms with Gasteiger partial charge < -0.3 is 4.74 Å². The molecule has 4 heteroatoms. The van der Waals surface area contributed by atoms with E-state index in [9.17, 15) is 4.79 Å². The number of nitrogens with one attached hydrogen (secondary N) is 1. The number of hydrogen-bond acceptors (Lipinski definition) is 3.